The second-order valence-electron chi connectivity index (χ2n) is 1.38. The molecule has 1 heterocycles. The van der Waals surface area contributed by atoms with E-state index in [1.807, 2.05) is 0 Å². The standard InChI is InChI=1S/C5H5NOS.Sr.2H/c7-6-4-2-1-3-5(6)8;;;/h1-4,7H;;;. The molecule has 1 aromatic rings. The number of aromatic nitrogens is 1. The average Bonchev–Trinajstić information content (AvgIpc) is 1.77. The Morgan fingerprint density at radius 1 is 1.44 bits per heavy atom. The summed E-state index contributed by atoms with van der Waals surface area (Å²) in [6.45, 7) is 0. The summed E-state index contributed by atoms with van der Waals surface area (Å²) in [5.74, 6) is 0. The van der Waals surface area contributed by atoms with Crippen molar-refractivity contribution in [3.8, 4) is 0 Å². The monoisotopic (exact) mass is 217 g/mol. The van der Waals surface area contributed by atoms with Gasteiger partial charge in [0.25, 0.3) is 0 Å². The van der Waals surface area contributed by atoms with Crippen molar-refractivity contribution in [2.45, 2.75) is 0 Å². The average molecular weight is 217 g/mol. The first-order valence-electron chi connectivity index (χ1n) is 2.17. The van der Waals surface area contributed by atoms with Crippen LogP contribution in [0.1, 0.15) is 0 Å². The maximum absolute atomic E-state index is 8.73. The Labute approximate surface area is 95.4 Å². The zero-order chi connectivity index (χ0) is 5.98. The predicted molar refractivity (Wildman–Crippen MR) is 41.0 cm³/mol. The molecule has 0 aliphatic heterocycles. The van der Waals surface area contributed by atoms with E-state index in [9.17, 15) is 0 Å². The van der Waals surface area contributed by atoms with Gasteiger partial charge in [-0.1, -0.05) is 18.3 Å². The van der Waals surface area contributed by atoms with E-state index in [4.69, 9.17) is 5.21 Å². The summed E-state index contributed by atoms with van der Waals surface area (Å²) in [5.41, 5.74) is 0. The van der Waals surface area contributed by atoms with E-state index >= 15 is 0 Å². The Morgan fingerprint density at radius 2 is 2.11 bits per heavy atom. The molecule has 2 nitrogen and oxygen atoms in total. The van der Waals surface area contributed by atoms with Crippen molar-refractivity contribution < 1.29 is 5.21 Å². The molecule has 0 aliphatic carbocycles. The molecule has 0 bridgehead atoms. The minimum atomic E-state index is 0. The van der Waals surface area contributed by atoms with E-state index in [0.29, 0.717) is 4.64 Å². The van der Waals surface area contributed by atoms with Crippen LogP contribution < -0.4 is 0 Å². The summed E-state index contributed by atoms with van der Waals surface area (Å²) >= 11 is 4.67. The van der Waals surface area contributed by atoms with Crippen molar-refractivity contribution >= 4 is 57.7 Å². The van der Waals surface area contributed by atoms with Crippen LogP contribution in [0.15, 0.2) is 24.4 Å². The molecular weight excluding hydrogens is 210 g/mol. The quantitative estimate of drug-likeness (QED) is 0.389. The summed E-state index contributed by atoms with van der Waals surface area (Å²) < 4.78 is 1.32. The summed E-state index contributed by atoms with van der Waals surface area (Å²) in [7, 11) is 0. The summed E-state index contributed by atoms with van der Waals surface area (Å²) in [6.07, 6.45) is 1.49. The first-order chi connectivity index (χ1) is 3.80. The van der Waals surface area contributed by atoms with Gasteiger partial charge in [0.1, 0.15) is 4.64 Å². The van der Waals surface area contributed by atoms with Crippen molar-refractivity contribution in [2.24, 2.45) is 0 Å². The molecule has 0 saturated carbocycles. The van der Waals surface area contributed by atoms with E-state index in [0.717, 1.165) is 4.73 Å². The Morgan fingerprint density at radius 3 is 2.44 bits per heavy atom. The van der Waals surface area contributed by atoms with Crippen LogP contribution in [-0.2, 0) is 0 Å². The molecule has 0 aromatic carbocycles. The van der Waals surface area contributed by atoms with E-state index in [1.165, 1.54) is 6.20 Å². The van der Waals surface area contributed by atoms with Gasteiger partial charge in [0, 0.05) is 6.20 Å². The van der Waals surface area contributed by atoms with Gasteiger partial charge in [-0.25, -0.2) is 0 Å². The summed E-state index contributed by atoms with van der Waals surface area (Å²) in [5, 5.41) is 8.73. The number of hydrogen-bond acceptors (Lipinski definition) is 2. The summed E-state index contributed by atoms with van der Waals surface area (Å²) in [6, 6.07) is 5.13. The number of hydrogen-bond donors (Lipinski definition) is 1. The predicted octanol–water partition coefficient (Wildman–Crippen LogP) is 0.539. The normalized spacial score (nSPS) is 8.00. The van der Waals surface area contributed by atoms with Gasteiger partial charge in [-0.2, -0.15) is 4.73 Å². The molecule has 0 spiro atoms. The molecular formula is C5H7NOSSr. The van der Waals surface area contributed by atoms with Crippen LogP contribution in [0, 0.1) is 4.64 Å². The zero-order valence-electron chi connectivity index (χ0n) is 4.11. The Hall–Kier alpha value is 0.651. The van der Waals surface area contributed by atoms with Crippen LogP contribution in [0.3, 0.4) is 0 Å². The fourth-order valence-electron chi connectivity index (χ4n) is 0.419. The molecule has 0 fully saturated rings. The Kier molecular flexibility index (Phi) is 4.79. The molecule has 1 N–H and O–H groups in total. The summed E-state index contributed by atoms with van der Waals surface area (Å²) in [4.78, 5) is 0. The van der Waals surface area contributed by atoms with Gasteiger partial charge in [-0.05, 0) is 12.1 Å². The molecule has 1 aromatic heterocycles. The molecule has 9 heavy (non-hydrogen) atoms. The fourth-order valence-corrected chi connectivity index (χ4v) is 0.558. The number of nitrogens with zero attached hydrogens (tertiary/aromatic N) is 1. The maximum atomic E-state index is 8.73. The third kappa shape index (κ3) is 2.82. The molecule has 0 radical (unpaired) electrons. The molecule has 4 heteroatoms. The van der Waals surface area contributed by atoms with E-state index in [2.05, 4.69) is 12.2 Å². The van der Waals surface area contributed by atoms with Crippen molar-refractivity contribution in [1.82, 2.24) is 4.73 Å². The van der Waals surface area contributed by atoms with E-state index in [1.54, 1.807) is 18.2 Å². The first-order valence-corrected chi connectivity index (χ1v) is 2.58. The van der Waals surface area contributed by atoms with Crippen molar-refractivity contribution in [3.05, 3.63) is 29.0 Å². The second kappa shape index (κ2) is 4.46. The first kappa shape index (κ1) is 9.65. The Bertz CT molecular complexity index is 234. The third-order valence-corrected chi connectivity index (χ3v) is 1.13. The van der Waals surface area contributed by atoms with Gasteiger partial charge in [-0.15, -0.1) is 0 Å². The topological polar surface area (TPSA) is 25.2 Å². The van der Waals surface area contributed by atoms with Crippen LogP contribution in [-0.4, -0.2) is 55.4 Å². The molecule has 46 valence electrons. The fraction of sp³-hybridized carbons (Fsp3) is 0. The van der Waals surface area contributed by atoms with Gasteiger partial charge in [0.15, 0.2) is 0 Å². The molecule has 0 saturated heterocycles. The molecule has 0 unspecified atom stereocenters. The van der Waals surface area contributed by atoms with Crippen molar-refractivity contribution in [3.63, 3.8) is 0 Å². The molecule has 0 atom stereocenters. The Balaban J connectivity index is 0.000000640. The van der Waals surface area contributed by atoms with Gasteiger partial charge in [0.2, 0.25) is 0 Å². The van der Waals surface area contributed by atoms with Gasteiger partial charge in [0.05, 0.1) is 0 Å². The van der Waals surface area contributed by atoms with Gasteiger partial charge in [-0.3, -0.25) is 0 Å². The van der Waals surface area contributed by atoms with Gasteiger partial charge < -0.3 is 5.21 Å². The zero-order valence-corrected chi connectivity index (χ0v) is 4.93. The van der Waals surface area contributed by atoms with E-state index < -0.39 is 0 Å². The van der Waals surface area contributed by atoms with Crippen LogP contribution in [0.4, 0.5) is 0 Å². The molecule has 1 rings (SSSR count). The molecule has 0 amide bonds. The number of rotatable bonds is 0. The minimum absolute atomic E-state index is 0. The van der Waals surface area contributed by atoms with Crippen LogP contribution in [0.2, 0.25) is 0 Å². The van der Waals surface area contributed by atoms with Crippen molar-refractivity contribution in [2.75, 3.05) is 0 Å². The van der Waals surface area contributed by atoms with Crippen LogP contribution in [0.5, 0.6) is 0 Å². The van der Waals surface area contributed by atoms with Crippen LogP contribution in [0.25, 0.3) is 0 Å². The van der Waals surface area contributed by atoms with Gasteiger partial charge >= 0.3 is 45.5 Å². The third-order valence-electron chi connectivity index (χ3n) is 0.803. The van der Waals surface area contributed by atoms with Crippen molar-refractivity contribution in [1.29, 1.82) is 0 Å². The second-order valence-corrected chi connectivity index (χ2v) is 1.80. The molecule has 0 aliphatic rings. The van der Waals surface area contributed by atoms with E-state index in [-0.39, 0.29) is 45.5 Å². The number of pyridine rings is 1. The van der Waals surface area contributed by atoms with Crippen LogP contribution >= 0.6 is 12.2 Å². The SMILES string of the molecule is On1ccccc1=S.[SrH2].